The molecule has 132 valence electrons. The molecular weight excluding hydrogens is 324 g/mol. The quantitative estimate of drug-likeness (QED) is 0.751. The van der Waals surface area contributed by atoms with Crippen LogP contribution in [0, 0.1) is 0 Å². The van der Waals surface area contributed by atoms with Crippen LogP contribution in [0.5, 0.6) is 0 Å². The molecule has 3 rings (SSSR count). The predicted molar refractivity (Wildman–Crippen MR) is 92.5 cm³/mol. The van der Waals surface area contributed by atoms with Crippen LogP contribution in [0.25, 0.3) is 5.65 Å². The van der Waals surface area contributed by atoms with Gasteiger partial charge in [-0.05, 0) is 13.0 Å². The van der Waals surface area contributed by atoms with Gasteiger partial charge >= 0.3 is 0 Å². The van der Waals surface area contributed by atoms with Gasteiger partial charge in [-0.25, -0.2) is 4.98 Å². The molecule has 0 unspecified atom stereocenters. The van der Waals surface area contributed by atoms with E-state index in [0.29, 0.717) is 31.8 Å². The summed E-state index contributed by atoms with van der Waals surface area (Å²) in [5.41, 5.74) is 0.367. The van der Waals surface area contributed by atoms with Crippen molar-refractivity contribution in [3.63, 3.8) is 0 Å². The summed E-state index contributed by atoms with van der Waals surface area (Å²) in [4.78, 5) is 44.1. The van der Waals surface area contributed by atoms with Gasteiger partial charge in [0.2, 0.25) is 0 Å². The van der Waals surface area contributed by atoms with E-state index in [1.165, 1.54) is 27.6 Å². The molecule has 0 N–H and O–H groups in total. The molecule has 25 heavy (non-hydrogen) atoms. The molecule has 0 bridgehead atoms. The lowest BCUT2D eigenvalue weighted by molar-refractivity contribution is 0.0529. The number of rotatable bonds is 3. The highest BCUT2D eigenvalue weighted by Crippen LogP contribution is 2.17. The minimum atomic E-state index is -0.337. The molecule has 2 aromatic heterocycles. The second-order valence-electron chi connectivity index (χ2n) is 6.28. The smallest absolute Gasteiger partial charge is 0.259 e. The molecule has 1 fully saturated rings. The van der Waals surface area contributed by atoms with E-state index < -0.39 is 0 Å². The number of fused-ring (bicyclic) bond motifs is 1. The Morgan fingerprint density at radius 1 is 1.40 bits per heavy atom. The maximum absolute atomic E-state index is 12.6. The first kappa shape index (κ1) is 17.1. The van der Waals surface area contributed by atoms with Crippen LogP contribution in [-0.4, -0.2) is 66.4 Å². The molecule has 0 aliphatic carbocycles. The van der Waals surface area contributed by atoms with Crippen molar-refractivity contribution in [1.29, 1.82) is 0 Å². The van der Waals surface area contributed by atoms with Crippen LogP contribution in [0.1, 0.15) is 27.6 Å². The van der Waals surface area contributed by atoms with Crippen molar-refractivity contribution in [3.8, 4) is 0 Å². The fourth-order valence-corrected chi connectivity index (χ4v) is 2.87. The third kappa shape index (κ3) is 3.25. The van der Waals surface area contributed by atoms with Crippen LogP contribution in [-0.2, 0) is 4.74 Å². The second-order valence-corrected chi connectivity index (χ2v) is 6.28. The molecule has 0 aromatic carbocycles. The molecule has 1 saturated heterocycles. The Morgan fingerprint density at radius 2 is 2.16 bits per heavy atom. The van der Waals surface area contributed by atoms with Gasteiger partial charge in [0.1, 0.15) is 5.82 Å². The first-order valence-electron chi connectivity index (χ1n) is 8.01. The molecule has 0 spiro atoms. The fourth-order valence-electron chi connectivity index (χ4n) is 2.87. The van der Waals surface area contributed by atoms with Crippen molar-refractivity contribution in [2.45, 2.75) is 13.0 Å². The third-order valence-electron chi connectivity index (χ3n) is 4.12. The molecule has 1 aliphatic heterocycles. The second kappa shape index (κ2) is 6.64. The summed E-state index contributed by atoms with van der Waals surface area (Å²) in [7, 11) is 3.22. The zero-order valence-corrected chi connectivity index (χ0v) is 14.4. The van der Waals surface area contributed by atoms with Gasteiger partial charge in [-0.3, -0.25) is 18.8 Å². The van der Waals surface area contributed by atoms with Gasteiger partial charge in [-0.1, -0.05) is 0 Å². The normalized spacial score (nSPS) is 17.6. The van der Waals surface area contributed by atoms with Gasteiger partial charge < -0.3 is 14.5 Å². The number of amides is 1. The minimum Gasteiger partial charge on any atom is -0.375 e. The van der Waals surface area contributed by atoms with E-state index in [4.69, 9.17) is 4.74 Å². The molecule has 3 heterocycles. The van der Waals surface area contributed by atoms with Crippen LogP contribution in [0.4, 0.5) is 5.82 Å². The molecule has 1 aliphatic rings. The topological polar surface area (TPSA) is 84.2 Å². The summed E-state index contributed by atoms with van der Waals surface area (Å²) in [5, 5.41) is 0. The Balaban J connectivity index is 2.14. The first-order valence-corrected chi connectivity index (χ1v) is 8.01. The predicted octanol–water partition coefficient (Wildman–Crippen LogP) is 0.434. The SMILES string of the molecule is C[C@@H]1CN(c2cc(=O)n3cc(C(=O)N(C)C)cc(C=O)c3n2)CCO1. The lowest BCUT2D eigenvalue weighted by atomic mass is 10.2. The maximum atomic E-state index is 12.6. The monoisotopic (exact) mass is 344 g/mol. The van der Waals surface area contributed by atoms with Gasteiger partial charge in [0, 0.05) is 39.4 Å². The Labute approximate surface area is 144 Å². The van der Waals surface area contributed by atoms with Crippen LogP contribution >= 0.6 is 0 Å². The van der Waals surface area contributed by atoms with Crippen LogP contribution in [0.2, 0.25) is 0 Å². The zero-order valence-electron chi connectivity index (χ0n) is 14.4. The number of aldehydes is 1. The highest BCUT2D eigenvalue weighted by molar-refractivity contribution is 5.97. The Morgan fingerprint density at radius 3 is 2.80 bits per heavy atom. The number of anilines is 1. The van der Waals surface area contributed by atoms with Crippen molar-refractivity contribution >= 4 is 23.7 Å². The lowest BCUT2D eigenvalue weighted by Crippen LogP contribution is -2.42. The lowest BCUT2D eigenvalue weighted by Gasteiger charge is -2.32. The molecule has 8 nitrogen and oxygen atoms in total. The molecule has 0 saturated carbocycles. The number of pyridine rings is 1. The van der Waals surface area contributed by atoms with Gasteiger partial charge in [0.25, 0.3) is 11.5 Å². The number of aromatic nitrogens is 2. The Hall–Kier alpha value is -2.74. The molecular formula is C17H20N4O4. The van der Waals surface area contributed by atoms with E-state index in [1.54, 1.807) is 14.1 Å². The number of hydrogen-bond acceptors (Lipinski definition) is 6. The van der Waals surface area contributed by atoms with E-state index in [0.717, 1.165) is 0 Å². The third-order valence-corrected chi connectivity index (χ3v) is 4.12. The zero-order chi connectivity index (χ0) is 18.1. The number of morpholine rings is 1. The average Bonchev–Trinajstić information content (AvgIpc) is 2.60. The maximum Gasteiger partial charge on any atom is 0.259 e. The number of carbonyl (C=O) groups excluding carboxylic acids is 2. The largest absolute Gasteiger partial charge is 0.375 e. The van der Waals surface area contributed by atoms with E-state index in [2.05, 4.69) is 4.98 Å². The molecule has 2 aromatic rings. The van der Waals surface area contributed by atoms with Crippen LogP contribution in [0.15, 0.2) is 23.1 Å². The molecule has 1 atom stereocenters. The number of nitrogens with zero attached hydrogens (tertiary/aromatic N) is 4. The number of ether oxygens (including phenoxy) is 1. The highest BCUT2D eigenvalue weighted by Gasteiger charge is 2.20. The standard InChI is InChI=1S/C17H20N4O4/c1-11-8-20(4-5-25-11)14-7-15(23)21-9-12(17(24)19(2)3)6-13(10-22)16(21)18-14/h6-7,9-11H,4-5,8H2,1-3H3/t11-/m1/s1. The Kier molecular flexibility index (Phi) is 4.54. The van der Waals surface area contributed by atoms with E-state index in [9.17, 15) is 14.4 Å². The van der Waals surface area contributed by atoms with Crippen LogP contribution in [0.3, 0.4) is 0 Å². The Bertz CT molecular complexity index is 890. The first-order chi connectivity index (χ1) is 11.9. The summed E-state index contributed by atoms with van der Waals surface area (Å²) in [6, 6.07) is 2.88. The van der Waals surface area contributed by atoms with Crippen molar-refractivity contribution in [2.24, 2.45) is 0 Å². The molecule has 8 heteroatoms. The van der Waals surface area contributed by atoms with Crippen molar-refractivity contribution in [1.82, 2.24) is 14.3 Å². The summed E-state index contributed by atoms with van der Waals surface area (Å²) < 4.78 is 6.75. The van der Waals surface area contributed by atoms with E-state index in [1.807, 2.05) is 11.8 Å². The van der Waals surface area contributed by atoms with Crippen molar-refractivity contribution in [2.75, 3.05) is 38.7 Å². The van der Waals surface area contributed by atoms with Crippen LogP contribution < -0.4 is 10.5 Å². The molecule has 1 amide bonds. The summed E-state index contributed by atoms with van der Waals surface area (Å²) in [5.74, 6) is 0.220. The van der Waals surface area contributed by atoms with Gasteiger partial charge in [0.05, 0.1) is 23.8 Å². The van der Waals surface area contributed by atoms with Crippen molar-refractivity contribution < 1.29 is 14.3 Å². The number of carbonyl (C=O) groups is 2. The average molecular weight is 344 g/mol. The molecule has 0 radical (unpaired) electrons. The van der Waals surface area contributed by atoms with Gasteiger partial charge in [0.15, 0.2) is 11.9 Å². The van der Waals surface area contributed by atoms with Gasteiger partial charge in [-0.15, -0.1) is 0 Å². The van der Waals surface area contributed by atoms with Gasteiger partial charge in [-0.2, -0.15) is 0 Å². The summed E-state index contributed by atoms with van der Waals surface area (Å²) in [6.45, 7) is 3.76. The van der Waals surface area contributed by atoms with Crippen molar-refractivity contribution in [3.05, 3.63) is 39.8 Å². The van der Waals surface area contributed by atoms with E-state index in [-0.39, 0.29) is 34.3 Å². The minimum absolute atomic E-state index is 0.0413. The summed E-state index contributed by atoms with van der Waals surface area (Å²) >= 11 is 0. The number of hydrogen-bond donors (Lipinski definition) is 0. The summed E-state index contributed by atoms with van der Waals surface area (Å²) in [6.07, 6.45) is 2.07. The van der Waals surface area contributed by atoms with E-state index >= 15 is 0 Å². The fraction of sp³-hybridized carbons (Fsp3) is 0.412. The highest BCUT2D eigenvalue weighted by atomic mass is 16.5.